The van der Waals surface area contributed by atoms with Crippen LogP contribution in [0.25, 0.3) is 0 Å². The highest BCUT2D eigenvalue weighted by molar-refractivity contribution is 5.37. The lowest BCUT2D eigenvalue weighted by molar-refractivity contribution is 0.128. The van der Waals surface area contributed by atoms with Crippen LogP contribution in [0.3, 0.4) is 0 Å². The second-order valence-electron chi connectivity index (χ2n) is 6.66. The molecule has 1 aromatic rings. The van der Waals surface area contributed by atoms with E-state index in [2.05, 4.69) is 51.2 Å². The van der Waals surface area contributed by atoms with Crippen molar-refractivity contribution in [3.8, 4) is 5.75 Å². The molecule has 0 heterocycles. The maximum absolute atomic E-state index is 6.30. The molecule has 0 bridgehead atoms. The second-order valence-corrected chi connectivity index (χ2v) is 6.66. The molecule has 112 valence electrons. The van der Waals surface area contributed by atoms with E-state index in [1.165, 1.54) is 36.8 Å². The van der Waals surface area contributed by atoms with Crippen molar-refractivity contribution in [1.29, 1.82) is 0 Å². The van der Waals surface area contributed by atoms with Crippen molar-refractivity contribution in [2.24, 2.45) is 5.92 Å². The zero-order valence-electron chi connectivity index (χ0n) is 13.4. The van der Waals surface area contributed by atoms with E-state index in [1.807, 2.05) is 0 Å². The number of benzene rings is 1. The Hall–Kier alpha value is -1.02. The molecule has 0 spiro atoms. The molecular formula is C18H29NO. The Labute approximate surface area is 123 Å². The lowest BCUT2D eigenvalue weighted by Gasteiger charge is -2.28. The first-order valence-corrected chi connectivity index (χ1v) is 8.04. The van der Waals surface area contributed by atoms with E-state index in [0.717, 1.165) is 18.2 Å². The molecule has 0 saturated heterocycles. The SMILES string of the molecule is Cc1ccc(OC2CCCC(C)C2)c(CNC(C)C)c1. The highest BCUT2D eigenvalue weighted by Gasteiger charge is 2.21. The minimum Gasteiger partial charge on any atom is -0.490 e. The van der Waals surface area contributed by atoms with Crippen molar-refractivity contribution < 1.29 is 4.74 Å². The number of rotatable bonds is 5. The first-order valence-electron chi connectivity index (χ1n) is 8.04. The Balaban J connectivity index is 2.05. The fourth-order valence-electron chi connectivity index (χ4n) is 2.94. The topological polar surface area (TPSA) is 21.3 Å². The van der Waals surface area contributed by atoms with Crippen LogP contribution in [0.2, 0.25) is 0 Å². The van der Waals surface area contributed by atoms with E-state index < -0.39 is 0 Å². The largest absolute Gasteiger partial charge is 0.490 e. The molecule has 1 aliphatic carbocycles. The smallest absolute Gasteiger partial charge is 0.124 e. The average Bonchev–Trinajstić information content (AvgIpc) is 2.39. The molecule has 2 heteroatoms. The summed E-state index contributed by atoms with van der Waals surface area (Å²) >= 11 is 0. The van der Waals surface area contributed by atoms with E-state index in [0.29, 0.717) is 12.1 Å². The van der Waals surface area contributed by atoms with Gasteiger partial charge in [-0.3, -0.25) is 0 Å². The predicted octanol–water partition coefficient (Wildman–Crippen LogP) is 4.45. The summed E-state index contributed by atoms with van der Waals surface area (Å²) in [5, 5.41) is 3.50. The quantitative estimate of drug-likeness (QED) is 0.857. The number of nitrogens with one attached hydrogen (secondary N) is 1. The lowest BCUT2D eigenvalue weighted by atomic mass is 9.88. The molecule has 1 fully saturated rings. The zero-order valence-corrected chi connectivity index (χ0v) is 13.4. The highest BCUT2D eigenvalue weighted by Crippen LogP contribution is 2.29. The molecule has 1 aliphatic rings. The number of hydrogen-bond donors (Lipinski definition) is 1. The van der Waals surface area contributed by atoms with Gasteiger partial charge >= 0.3 is 0 Å². The van der Waals surface area contributed by atoms with Gasteiger partial charge in [0.25, 0.3) is 0 Å². The van der Waals surface area contributed by atoms with Crippen molar-refractivity contribution in [3.05, 3.63) is 29.3 Å². The molecule has 0 radical (unpaired) electrons. The van der Waals surface area contributed by atoms with Crippen LogP contribution in [-0.2, 0) is 6.54 Å². The standard InChI is InChI=1S/C18H29NO/c1-13(2)19-12-16-10-15(4)8-9-18(16)20-17-7-5-6-14(3)11-17/h8-10,13-14,17,19H,5-7,11-12H2,1-4H3. The molecule has 1 N–H and O–H groups in total. The molecule has 20 heavy (non-hydrogen) atoms. The van der Waals surface area contributed by atoms with Gasteiger partial charge in [-0.05, 0) is 38.2 Å². The van der Waals surface area contributed by atoms with E-state index in [1.54, 1.807) is 0 Å². The maximum atomic E-state index is 6.30. The third-order valence-electron chi connectivity index (χ3n) is 4.10. The minimum absolute atomic E-state index is 0.402. The Morgan fingerprint density at radius 2 is 2.10 bits per heavy atom. The Bertz CT molecular complexity index is 427. The van der Waals surface area contributed by atoms with Gasteiger partial charge < -0.3 is 10.1 Å². The van der Waals surface area contributed by atoms with Gasteiger partial charge in [0.05, 0.1) is 6.10 Å². The van der Waals surface area contributed by atoms with Crippen molar-refractivity contribution in [1.82, 2.24) is 5.32 Å². The van der Waals surface area contributed by atoms with Gasteiger partial charge in [0.2, 0.25) is 0 Å². The van der Waals surface area contributed by atoms with E-state index >= 15 is 0 Å². The van der Waals surface area contributed by atoms with Gasteiger partial charge in [0, 0.05) is 18.2 Å². The third kappa shape index (κ3) is 4.52. The van der Waals surface area contributed by atoms with Crippen LogP contribution in [0.5, 0.6) is 5.75 Å². The van der Waals surface area contributed by atoms with E-state index in [9.17, 15) is 0 Å². The highest BCUT2D eigenvalue weighted by atomic mass is 16.5. The summed E-state index contributed by atoms with van der Waals surface area (Å²) in [5.41, 5.74) is 2.59. The fraction of sp³-hybridized carbons (Fsp3) is 0.667. The number of ether oxygens (including phenoxy) is 1. The summed E-state index contributed by atoms with van der Waals surface area (Å²) in [6.07, 6.45) is 5.46. The van der Waals surface area contributed by atoms with E-state index in [-0.39, 0.29) is 0 Å². The van der Waals surface area contributed by atoms with Gasteiger partial charge in [0.1, 0.15) is 5.75 Å². The first-order chi connectivity index (χ1) is 9.54. The van der Waals surface area contributed by atoms with Gasteiger partial charge in [-0.2, -0.15) is 0 Å². The van der Waals surface area contributed by atoms with Crippen LogP contribution in [0, 0.1) is 12.8 Å². The Morgan fingerprint density at radius 1 is 1.30 bits per heavy atom. The van der Waals surface area contributed by atoms with Crippen LogP contribution in [0.4, 0.5) is 0 Å². The number of hydrogen-bond acceptors (Lipinski definition) is 2. The van der Waals surface area contributed by atoms with Gasteiger partial charge in [-0.15, -0.1) is 0 Å². The van der Waals surface area contributed by atoms with Crippen LogP contribution >= 0.6 is 0 Å². The molecule has 0 aromatic heterocycles. The van der Waals surface area contributed by atoms with Crippen LogP contribution in [0.15, 0.2) is 18.2 Å². The van der Waals surface area contributed by atoms with Crippen molar-refractivity contribution in [2.75, 3.05) is 0 Å². The molecule has 2 atom stereocenters. The minimum atomic E-state index is 0.402. The monoisotopic (exact) mass is 275 g/mol. The summed E-state index contributed by atoms with van der Waals surface area (Å²) in [7, 11) is 0. The molecular weight excluding hydrogens is 246 g/mol. The summed E-state index contributed by atoms with van der Waals surface area (Å²) in [4.78, 5) is 0. The molecule has 2 unspecified atom stereocenters. The summed E-state index contributed by atoms with van der Waals surface area (Å²) in [5.74, 6) is 1.87. The molecule has 2 nitrogen and oxygen atoms in total. The van der Waals surface area contributed by atoms with Crippen molar-refractivity contribution >= 4 is 0 Å². The van der Waals surface area contributed by atoms with E-state index in [4.69, 9.17) is 4.74 Å². The maximum Gasteiger partial charge on any atom is 0.124 e. The average molecular weight is 275 g/mol. The van der Waals surface area contributed by atoms with Crippen LogP contribution < -0.4 is 10.1 Å². The van der Waals surface area contributed by atoms with Crippen LogP contribution in [-0.4, -0.2) is 12.1 Å². The Kier molecular flexibility index (Phi) is 5.47. The Morgan fingerprint density at radius 3 is 2.80 bits per heavy atom. The van der Waals surface area contributed by atoms with Gasteiger partial charge in [-0.25, -0.2) is 0 Å². The van der Waals surface area contributed by atoms with Gasteiger partial charge in [0.15, 0.2) is 0 Å². The van der Waals surface area contributed by atoms with Crippen molar-refractivity contribution in [3.63, 3.8) is 0 Å². The third-order valence-corrected chi connectivity index (χ3v) is 4.10. The van der Waals surface area contributed by atoms with Crippen molar-refractivity contribution in [2.45, 2.75) is 72.1 Å². The summed E-state index contributed by atoms with van der Waals surface area (Å²) in [6, 6.07) is 7.04. The molecule has 0 aliphatic heterocycles. The lowest BCUT2D eigenvalue weighted by Crippen LogP contribution is -2.26. The molecule has 2 rings (SSSR count). The normalized spacial score (nSPS) is 23.1. The molecule has 1 aromatic carbocycles. The summed E-state index contributed by atoms with van der Waals surface area (Å²) in [6.45, 7) is 9.73. The van der Waals surface area contributed by atoms with Crippen LogP contribution in [0.1, 0.15) is 57.6 Å². The molecule has 0 amide bonds. The molecule has 1 saturated carbocycles. The predicted molar refractivity (Wildman–Crippen MR) is 85.2 cm³/mol. The fourth-order valence-corrected chi connectivity index (χ4v) is 2.94. The van der Waals surface area contributed by atoms with Gasteiger partial charge in [-0.1, -0.05) is 44.9 Å². The second kappa shape index (κ2) is 7.12. The number of aryl methyl sites for hydroxylation is 1. The first kappa shape index (κ1) is 15.4. The summed E-state index contributed by atoms with van der Waals surface area (Å²) < 4.78 is 6.30. The zero-order chi connectivity index (χ0) is 14.5.